The normalized spacial score (nSPS) is 12.1. The predicted octanol–water partition coefficient (Wildman–Crippen LogP) is 4.66. The molecule has 2 rings (SSSR count). The molecule has 0 saturated heterocycles. The summed E-state index contributed by atoms with van der Waals surface area (Å²) in [6.45, 7) is 5.30. The van der Waals surface area contributed by atoms with Gasteiger partial charge >= 0.3 is 0 Å². The third kappa shape index (κ3) is 4.51. The van der Waals surface area contributed by atoms with Crippen LogP contribution in [0.1, 0.15) is 31.0 Å². The maximum absolute atomic E-state index is 5.49. The Bertz CT molecular complexity index is 556. The molecule has 2 aromatic rings. The molecule has 0 spiro atoms. The van der Waals surface area contributed by atoms with Gasteiger partial charge in [0.15, 0.2) is 0 Å². The number of benzene rings is 2. The molecule has 0 aliphatic heterocycles. The Hall–Kier alpha value is -1.45. The van der Waals surface area contributed by atoms with Crippen LogP contribution in [0.2, 0.25) is 0 Å². The average molecular weight is 301 g/mol. The highest BCUT2D eigenvalue weighted by atomic mass is 32.2. The molecule has 0 radical (unpaired) electrons. The van der Waals surface area contributed by atoms with Crippen LogP contribution in [-0.2, 0) is 5.75 Å². The van der Waals surface area contributed by atoms with Crippen LogP contribution in [0.15, 0.2) is 53.4 Å². The molecule has 0 aromatic heterocycles. The molecule has 0 fully saturated rings. The van der Waals surface area contributed by atoms with Gasteiger partial charge in [0.25, 0.3) is 0 Å². The summed E-state index contributed by atoms with van der Waals surface area (Å²) in [6, 6.07) is 17.3. The first-order chi connectivity index (χ1) is 10.2. The van der Waals surface area contributed by atoms with Gasteiger partial charge in [0.1, 0.15) is 5.75 Å². The van der Waals surface area contributed by atoms with E-state index < -0.39 is 0 Å². The second kappa shape index (κ2) is 8.11. The number of thioether (sulfide) groups is 1. The van der Waals surface area contributed by atoms with Crippen molar-refractivity contribution in [2.24, 2.45) is 0 Å². The molecule has 2 aromatic carbocycles. The van der Waals surface area contributed by atoms with E-state index in [1.54, 1.807) is 7.11 Å². The van der Waals surface area contributed by atoms with Crippen molar-refractivity contribution in [1.82, 2.24) is 5.32 Å². The monoisotopic (exact) mass is 301 g/mol. The Kier molecular flexibility index (Phi) is 6.15. The van der Waals surface area contributed by atoms with Gasteiger partial charge < -0.3 is 10.1 Å². The van der Waals surface area contributed by atoms with Crippen LogP contribution in [0.25, 0.3) is 0 Å². The zero-order valence-corrected chi connectivity index (χ0v) is 13.7. The fourth-order valence-electron chi connectivity index (χ4n) is 2.28. The quantitative estimate of drug-likeness (QED) is 0.752. The molecular weight excluding hydrogens is 278 g/mol. The highest BCUT2D eigenvalue weighted by molar-refractivity contribution is 7.98. The molecule has 0 bridgehead atoms. The molecule has 1 N–H and O–H groups in total. The van der Waals surface area contributed by atoms with Gasteiger partial charge in [-0.05, 0) is 43.3 Å². The van der Waals surface area contributed by atoms with E-state index in [1.807, 2.05) is 17.8 Å². The Morgan fingerprint density at radius 1 is 1.14 bits per heavy atom. The molecule has 0 amide bonds. The van der Waals surface area contributed by atoms with Crippen LogP contribution in [0.5, 0.6) is 5.75 Å². The average Bonchev–Trinajstić information content (AvgIpc) is 2.54. The smallest absolute Gasteiger partial charge is 0.122 e. The third-order valence-electron chi connectivity index (χ3n) is 3.45. The Labute approximate surface area is 131 Å². The standard InChI is InChI=1S/C18H23NOS/c1-4-19-14(2)15-10-11-18(20-3)16(12-15)13-21-17-8-6-5-7-9-17/h5-12,14,19H,4,13H2,1-3H3. The minimum atomic E-state index is 0.362. The van der Waals surface area contributed by atoms with Gasteiger partial charge in [0, 0.05) is 22.3 Å². The van der Waals surface area contributed by atoms with E-state index in [1.165, 1.54) is 16.0 Å². The summed E-state index contributed by atoms with van der Waals surface area (Å²) in [5.41, 5.74) is 2.55. The summed E-state index contributed by atoms with van der Waals surface area (Å²) >= 11 is 1.84. The largest absolute Gasteiger partial charge is 0.496 e. The summed E-state index contributed by atoms with van der Waals surface area (Å²) in [5.74, 6) is 1.88. The van der Waals surface area contributed by atoms with Crippen LogP contribution in [-0.4, -0.2) is 13.7 Å². The fourth-order valence-corrected chi connectivity index (χ4v) is 3.18. The van der Waals surface area contributed by atoms with E-state index in [2.05, 4.69) is 61.6 Å². The third-order valence-corrected chi connectivity index (χ3v) is 4.51. The number of ether oxygens (including phenoxy) is 1. The number of rotatable bonds is 7. The summed E-state index contributed by atoms with van der Waals surface area (Å²) in [6.07, 6.45) is 0. The first-order valence-corrected chi connectivity index (χ1v) is 8.31. The van der Waals surface area contributed by atoms with Crippen LogP contribution in [0, 0.1) is 0 Å². The summed E-state index contributed by atoms with van der Waals surface area (Å²) in [7, 11) is 1.74. The lowest BCUT2D eigenvalue weighted by molar-refractivity contribution is 0.411. The van der Waals surface area contributed by atoms with Gasteiger partial charge in [-0.25, -0.2) is 0 Å². The fraction of sp³-hybridized carbons (Fsp3) is 0.333. The van der Waals surface area contributed by atoms with E-state index in [9.17, 15) is 0 Å². The minimum Gasteiger partial charge on any atom is -0.496 e. The molecule has 3 heteroatoms. The number of nitrogens with one attached hydrogen (secondary N) is 1. The maximum Gasteiger partial charge on any atom is 0.122 e. The van der Waals surface area contributed by atoms with Gasteiger partial charge in [0.2, 0.25) is 0 Å². The molecule has 2 nitrogen and oxygen atoms in total. The Morgan fingerprint density at radius 3 is 2.57 bits per heavy atom. The van der Waals surface area contributed by atoms with Crippen molar-refractivity contribution in [1.29, 1.82) is 0 Å². The SMILES string of the molecule is CCNC(C)c1ccc(OC)c(CSc2ccccc2)c1. The van der Waals surface area contributed by atoms with Crippen LogP contribution in [0.3, 0.4) is 0 Å². The van der Waals surface area contributed by atoms with E-state index in [4.69, 9.17) is 4.74 Å². The second-order valence-corrected chi connectivity index (χ2v) is 6.00. The van der Waals surface area contributed by atoms with Crippen LogP contribution in [0.4, 0.5) is 0 Å². The molecule has 112 valence electrons. The van der Waals surface area contributed by atoms with Gasteiger partial charge in [-0.3, -0.25) is 0 Å². The van der Waals surface area contributed by atoms with Crippen molar-refractivity contribution in [3.63, 3.8) is 0 Å². The van der Waals surface area contributed by atoms with E-state index in [0.717, 1.165) is 18.0 Å². The van der Waals surface area contributed by atoms with Crippen molar-refractivity contribution < 1.29 is 4.74 Å². The van der Waals surface area contributed by atoms with Crippen LogP contribution < -0.4 is 10.1 Å². The van der Waals surface area contributed by atoms with Crippen molar-refractivity contribution in [3.8, 4) is 5.75 Å². The minimum absolute atomic E-state index is 0.362. The van der Waals surface area contributed by atoms with Crippen molar-refractivity contribution in [3.05, 3.63) is 59.7 Å². The molecule has 1 unspecified atom stereocenters. The summed E-state index contributed by atoms with van der Waals surface area (Å²) < 4.78 is 5.49. The first kappa shape index (κ1) is 15.9. The van der Waals surface area contributed by atoms with E-state index in [0.29, 0.717) is 6.04 Å². The predicted molar refractivity (Wildman–Crippen MR) is 91.1 cm³/mol. The van der Waals surface area contributed by atoms with E-state index in [-0.39, 0.29) is 0 Å². The highest BCUT2D eigenvalue weighted by Crippen LogP contribution is 2.30. The molecule has 21 heavy (non-hydrogen) atoms. The maximum atomic E-state index is 5.49. The lowest BCUT2D eigenvalue weighted by Crippen LogP contribution is -2.17. The zero-order valence-electron chi connectivity index (χ0n) is 12.9. The Morgan fingerprint density at radius 2 is 1.90 bits per heavy atom. The number of hydrogen-bond donors (Lipinski definition) is 1. The second-order valence-electron chi connectivity index (χ2n) is 4.95. The lowest BCUT2D eigenvalue weighted by atomic mass is 10.0. The van der Waals surface area contributed by atoms with Gasteiger partial charge in [-0.1, -0.05) is 31.2 Å². The van der Waals surface area contributed by atoms with Crippen LogP contribution >= 0.6 is 11.8 Å². The summed E-state index contributed by atoms with van der Waals surface area (Å²) in [5, 5.41) is 3.45. The Balaban J connectivity index is 2.14. The van der Waals surface area contributed by atoms with Crippen molar-refractivity contribution in [2.75, 3.05) is 13.7 Å². The summed E-state index contributed by atoms with van der Waals surface area (Å²) in [4.78, 5) is 1.28. The molecule has 0 saturated carbocycles. The number of hydrogen-bond acceptors (Lipinski definition) is 3. The molecule has 0 aliphatic rings. The van der Waals surface area contributed by atoms with Gasteiger partial charge in [-0.15, -0.1) is 11.8 Å². The van der Waals surface area contributed by atoms with E-state index >= 15 is 0 Å². The first-order valence-electron chi connectivity index (χ1n) is 7.32. The molecular formula is C18H23NOS. The van der Waals surface area contributed by atoms with Gasteiger partial charge in [-0.2, -0.15) is 0 Å². The molecule has 0 aliphatic carbocycles. The van der Waals surface area contributed by atoms with Crippen molar-refractivity contribution in [2.45, 2.75) is 30.5 Å². The molecule has 0 heterocycles. The molecule has 1 atom stereocenters. The van der Waals surface area contributed by atoms with Crippen molar-refractivity contribution >= 4 is 11.8 Å². The highest BCUT2D eigenvalue weighted by Gasteiger charge is 2.09. The number of methoxy groups -OCH3 is 1. The lowest BCUT2D eigenvalue weighted by Gasteiger charge is -2.16. The zero-order chi connectivity index (χ0) is 15.1. The topological polar surface area (TPSA) is 21.3 Å². The van der Waals surface area contributed by atoms with Gasteiger partial charge in [0.05, 0.1) is 7.11 Å².